The standard InChI is InChI=1S/C6H6.5C6H14.2C5H5N.C5H6.C4H4N2.5C3H8.5C2H6/c1-2-4-6-5-3-1;5*1-5-6(2,3)4;2*1-2-4-6-5-3-1;1-2-4-5-3-1;1-2-5-4-6-3-1;5*1-3-2;5*1-2/h1-6H;5*5H2,1-4H3;2*1-5H;1-4H,5H2;1-4H;5*3H2,1-2H3;5*1-2H3. The Bertz CT molecular complexity index is 1080. The minimum Gasteiger partial charge on any atom is -0.265 e. The van der Waals surface area contributed by atoms with Crippen molar-refractivity contribution in [2.45, 2.75) is 348 Å². The number of pyridine rings is 2. The lowest BCUT2D eigenvalue weighted by Crippen LogP contribution is -2.00. The van der Waals surface area contributed by atoms with E-state index in [1.54, 1.807) is 43.2 Å². The Morgan fingerprint density at radius 2 is 0.357 bits per heavy atom. The van der Waals surface area contributed by atoms with E-state index < -0.39 is 0 Å². The molecule has 3 heterocycles. The van der Waals surface area contributed by atoms with Crippen LogP contribution in [-0.2, 0) is 0 Å². The summed E-state index contributed by atoms with van der Waals surface area (Å²) in [6, 6.07) is 25.2. The Hall–Kier alpha value is -3.92. The maximum Gasteiger partial charge on any atom is 0.115 e. The first-order valence-corrected chi connectivity index (χ1v) is 34.1. The van der Waals surface area contributed by atoms with Crippen molar-refractivity contribution in [3.8, 4) is 0 Å². The van der Waals surface area contributed by atoms with Crippen LogP contribution in [0.4, 0.5) is 0 Å². The van der Waals surface area contributed by atoms with Gasteiger partial charge in [0, 0.05) is 37.2 Å². The summed E-state index contributed by atoms with van der Waals surface area (Å²) in [6.07, 6.45) is 34.0. The van der Waals surface area contributed by atoms with Crippen LogP contribution in [0.25, 0.3) is 0 Å². The molecule has 84 heavy (non-hydrogen) atoms. The Morgan fingerprint density at radius 3 is 0.405 bits per heavy atom. The van der Waals surface area contributed by atoms with Crippen molar-refractivity contribution >= 4 is 0 Å². The van der Waals surface area contributed by atoms with Gasteiger partial charge in [0.2, 0.25) is 0 Å². The maximum atomic E-state index is 3.78. The number of allylic oxidation sites excluding steroid dienone is 4. The molecule has 0 saturated heterocycles. The summed E-state index contributed by atoms with van der Waals surface area (Å²) in [6.45, 7) is 85.9. The highest BCUT2D eigenvalue weighted by molar-refractivity contribution is 5.12. The van der Waals surface area contributed by atoms with Gasteiger partial charge in [0.15, 0.2) is 0 Å². The molecule has 506 valence electrons. The van der Waals surface area contributed by atoms with Gasteiger partial charge in [-0.05, 0) is 63.8 Å². The van der Waals surface area contributed by atoms with Gasteiger partial charge in [-0.2, -0.15) is 0 Å². The quantitative estimate of drug-likeness (QED) is 0.176. The van der Waals surface area contributed by atoms with Crippen molar-refractivity contribution in [1.82, 2.24) is 19.9 Å². The van der Waals surface area contributed by atoms with Crippen molar-refractivity contribution in [3.05, 3.63) is 147 Å². The number of benzene rings is 1. The van der Waals surface area contributed by atoms with Gasteiger partial charge < -0.3 is 0 Å². The van der Waals surface area contributed by atoms with E-state index in [1.165, 1.54) is 70.5 Å². The molecule has 4 aromatic rings. The first kappa shape index (κ1) is 118. The lowest BCUT2D eigenvalue weighted by molar-refractivity contribution is 0.397. The molecule has 0 bridgehead atoms. The van der Waals surface area contributed by atoms with E-state index in [4.69, 9.17) is 0 Å². The van der Waals surface area contributed by atoms with Crippen LogP contribution in [0.5, 0.6) is 0 Å². The molecule has 1 aromatic carbocycles. The predicted octanol–water partition coefficient (Wildman–Crippen LogP) is 30.3. The normalized spacial score (nSPS) is 9.05. The highest BCUT2D eigenvalue weighted by Gasteiger charge is 2.05. The Labute approximate surface area is 538 Å². The van der Waals surface area contributed by atoms with E-state index in [0.29, 0.717) is 27.1 Å². The van der Waals surface area contributed by atoms with Crippen LogP contribution in [0.1, 0.15) is 348 Å². The third kappa shape index (κ3) is 289. The van der Waals surface area contributed by atoms with Crippen LogP contribution in [0, 0.1) is 27.1 Å². The van der Waals surface area contributed by atoms with Crippen molar-refractivity contribution in [2.75, 3.05) is 0 Å². The molecule has 4 nitrogen and oxygen atoms in total. The summed E-state index contributed by atoms with van der Waals surface area (Å²) in [5.41, 5.74) is 2.71. The second-order valence-corrected chi connectivity index (χ2v) is 23.3. The molecule has 5 rings (SSSR count). The monoisotopic (exact) mass is 1180 g/mol. The third-order valence-electron chi connectivity index (χ3n) is 8.24. The summed E-state index contributed by atoms with van der Waals surface area (Å²) in [5, 5.41) is 0. The Balaban J connectivity index is -0.0000000465. The van der Waals surface area contributed by atoms with Gasteiger partial charge in [0.25, 0.3) is 0 Å². The number of hydrogen-bond donors (Lipinski definition) is 0. The fourth-order valence-electron chi connectivity index (χ4n) is 1.66. The van der Waals surface area contributed by atoms with Gasteiger partial charge in [0.1, 0.15) is 6.33 Å². The Kier molecular flexibility index (Phi) is 160. The topological polar surface area (TPSA) is 51.6 Å². The average Bonchev–Trinajstić information content (AvgIpc) is 4.10. The predicted molar refractivity (Wildman–Crippen MR) is 405 cm³/mol. The Morgan fingerprint density at radius 1 is 0.226 bits per heavy atom. The second kappa shape index (κ2) is 114. The van der Waals surface area contributed by atoms with Gasteiger partial charge in [-0.25, -0.2) is 9.97 Å². The number of nitrogens with zero attached hydrogens (tertiary/aromatic N) is 4. The average molecular weight is 1180 g/mol. The molecule has 4 heteroatoms. The van der Waals surface area contributed by atoms with E-state index in [2.05, 4.69) is 252 Å². The largest absolute Gasteiger partial charge is 0.265 e. The molecule has 0 unspecified atom stereocenters. The third-order valence-corrected chi connectivity index (χ3v) is 8.24. The number of rotatable bonds is 0. The summed E-state index contributed by atoms with van der Waals surface area (Å²) in [5.74, 6) is 0. The molecule has 0 atom stereocenters. The van der Waals surface area contributed by atoms with E-state index in [-0.39, 0.29) is 0 Å². The maximum absolute atomic E-state index is 3.78. The smallest absolute Gasteiger partial charge is 0.115 e. The molecule has 0 N–H and O–H groups in total. The molecular formula is C80H166N4. The second-order valence-electron chi connectivity index (χ2n) is 23.3. The highest BCUT2D eigenvalue weighted by atomic mass is 14.8. The van der Waals surface area contributed by atoms with Crippen LogP contribution in [0.15, 0.2) is 147 Å². The fraction of sp³-hybridized carbons (Fsp3) is 0.700. The highest BCUT2D eigenvalue weighted by Crippen LogP contribution is 2.18. The van der Waals surface area contributed by atoms with Crippen LogP contribution in [0.3, 0.4) is 0 Å². The van der Waals surface area contributed by atoms with Crippen LogP contribution >= 0.6 is 0 Å². The van der Waals surface area contributed by atoms with E-state index in [1.807, 2.05) is 142 Å². The van der Waals surface area contributed by atoms with Crippen molar-refractivity contribution in [1.29, 1.82) is 0 Å². The van der Waals surface area contributed by atoms with Gasteiger partial charge in [0.05, 0.1) is 0 Å². The number of hydrogen-bond acceptors (Lipinski definition) is 4. The molecule has 3 aromatic heterocycles. The van der Waals surface area contributed by atoms with Gasteiger partial charge in [-0.1, -0.05) is 414 Å². The lowest BCUT2D eigenvalue weighted by Gasteiger charge is -2.12. The van der Waals surface area contributed by atoms with Crippen LogP contribution in [0.2, 0.25) is 0 Å². The molecule has 1 aliphatic rings. The van der Waals surface area contributed by atoms with Crippen molar-refractivity contribution in [2.24, 2.45) is 27.1 Å². The minimum absolute atomic E-state index is 0.542. The molecule has 0 amide bonds. The molecule has 0 spiro atoms. The first-order valence-electron chi connectivity index (χ1n) is 34.1. The summed E-state index contributed by atoms with van der Waals surface area (Å²) < 4.78 is 0. The zero-order chi connectivity index (χ0) is 70.1. The zero-order valence-corrected chi connectivity index (χ0v) is 65.9. The van der Waals surface area contributed by atoms with E-state index in [0.717, 1.165) is 6.42 Å². The molecule has 1 aliphatic carbocycles. The molecular weight excluding hydrogens is 1020 g/mol. The lowest BCUT2D eigenvalue weighted by atomic mass is 9.94. The van der Waals surface area contributed by atoms with Crippen LogP contribution in [-0.4, -0.2) is 19.9 Å². The van der Waals surface area contributed by atoms with Gasteiger partial charge >= 0.3 is 0 Å². The SMILES string of the molecule is C1=CCC=C1.CC.CC.CC.CC.CC.CCC.CCC.CCC.CCC.CCC.CCC(C)(C)C.CCC(C)(C)C.CCC(C)(C)C.CCC(C)(C)C.CCC(C)(C)C.c1ccccc1.c1ccncc1.c1ccncc1.c1cncnc1. The van der Waals surface area contributed by atoms with Gasteiger partial charge in [-0.15, -0.1) is 0 Å². The molecule has 0 fully saturated rings. The summed E-state index contributed by atoms with van der Waals surface area (Å²) in [4.78, 5) is 14.9. The van der Waals surface area contributed by atoms with Crippen molar-refractivity contribution < 1.29 is 0 Å². The molecule has 0 radical (unpaired) electrons. The molecule has 0 saturated carbocycles. The first-order chi connectivity index (χ1) is 39.4. The van der Waals surface area contributed by atoms with Gasteiger partial charge in [-0.3, -0.25) is 9.97 Å². The summed E-state index contributed by atoms with van der Waals surface area (Å²) in [7, 11) is 0. The van der Waals surface area contributed by atoms with Crippen LogP contribution < -0.4 is 0 Å². The van der Waals surface area contributed by atoms with E-state index in [9.17, 15) is 0 Å². The number of aromatic nitrogens is 4. The van der Waals surface area contributed by atoms with Crippen molar-refractivity contribution in [3.63, 3.8) is 0 Å². The molecule has 0 aliphatic heterocycles. The minimum atomic E-state index is 0.542. The van der Waals surface area contributed by atoms with E-state index >= 15 is 0 Å². The fourth-order valence-corrected chi connectivity index (χ4v) is 1.66. The summed E-state index contributed by atoms with van der Waals surface area (Å²) >= 11 is 0. The zero-order valence-electron chi connectivity index (χ0n) is 65.9.